The van der Waals surface area contributed by atoms with Gasteiger partial charge in [0.05, 0.1) is 0 Å². The topological polar surface area (TPSA) is 15.3 Å². The van der Waals surface area contributed by atoms with E-state index in [4.69, 9.17) is 0 Å². The van der Waals surface area contributed by atoms with Crippen molar-refractivity contribution in [3.05, 3.63) is 0 Å². The zero-order valence-electron chi connectivity index (χ0n) is 12.8. The van der Waals surface area contributed by atoms with Crippen LogP contribution in [0.1, 0.15) is 59.8 Å². The molecule has 0 saturated heterocycles. The molecule has 0 aromatic rings. The summed E-state index contributed by atoms with van der Waals surface area (Å²) < 4.78 is 0. The minimum absolute atomic E-state index is 0.380. The number of nitrogens with zero attached hydrogens (tertiary/aromatic N) is 1. The summed E-state index contributed by atoms with van der Waals surface area (Å²) >= 11 is 0. The van der Waals surface area contributed by atoms with Gasteiger partial charge in [-0.3, -0.25) is 0 Å². The van der Waals surface area contributed by atoms with Gasteiger partial charge < -0.3 is 10.2 Å². The predicted molar refractivity (Wildman–Crippen MR) is 78.9 cm³/mol. The minimum atomic E-state index is 0.380. The second kappa shape index (κ2) is 5.92. The first-order valence-corrected chi connectivity index (χ1v) is 7.98. The minimum Gasteiger partial charge on any atom is -0.314 e. The summed E-state index contributed by atoms with van der Waals surface area (Å²) in [6, 6.07) is 1.59. The Morgan fingerprint density at radius 3 is 2.28 bits per heavy atom. The van der Waals surface area contributed by atoms with Gasteiger partial charge in [0.1, 0.15) is 0 Å². The van der Waals surface area contributed by atoms with Gasteiger partial charge in [0.15, 0.2) is 0 Å². The molecule has 1 N–H and O–H groups in total. The third-order valence-corrected chi connectivity index (χ3v) is 4.45. The summed E-state index contributed by atoms with van der Waals surface area (Å²) in [5.74, 6) is 1.04. The van der Waals surface area contributed by atoms with E-state index in [0.29, 0.717) is 11.5 Å². The Balaban J connectivity index is 1.78. The van der Waals surface area contributed by atoms with E-state index in [1.54, 1.807) is 0 Å². The molecule has 2 aliphatic rings. The molecule has 2 heteroatoms. The number of rotatable bonds is 8. The summed E-state index contributed by atoms with van der Waals surface area (Å²) in [4.78, 5) is 2.79. The van der Waals surface area contributed by atoms with Gasteiger partial charge in [-0.05, 0) is 56.5 Å². The smallest absolute Gasteiger partial charge is 0.0128 e. The van der Waals surface area contributed by atoms with Crippen molar-refractivity contribution in [2.24, 2.45) is 11.3 Å². The Kier molecular flexibility index (Phi) is 4.71. The molecule has 0 aromatic heterocycles. The lowest BCUT2D eigenvalue weighted by atomic mass is 9.84. The van der Waals surface area contributed by atoms with Crippen LogP contribution in [0.4, 0.5) is 0 Å². The van der Waals surface area contributed by atoms with Gasteiger partial charge in [-0.25, -0.2) is 0 Å². The standard InChI is InChI=1S/C16H32N2/c1-5-17-15(16(2,3)4)10-11-18(14-8-9-14)12-13-6-7-13/h13-15,17H,5-12H2,1-4H3. The lowest BCUT2D eigenvalue weighted by molar-refractivity contribution is 0.195. The Morgan fingerprint density at radius 1 is 1.17 bits per heavy atom. The maximum Gasteiger partial charge on any atom is 0.0128 e. The number of hydrogen-bond donors (Lipinski definition) is 1. The van der Waals surface area contributed by atoms with Crippen molar-refractivity contribution in [3.63, 3.8) is 0 Å². The Labute approximate surface area is 114 Å². The van der Waals surface area contributed by atoms with Crippen molar-refractivity contribution >= 4 is 0 Å². The van der Waals surface area contributed by atoms with Crippen LogP contribution in [0.25, 0.3) is 0 Å². The molecule has 0 aromatic carbocycles. The fraction of sp³-hybridized carbons (Fsp3) is 1.00. The van der Waals surface area contributed by atoms with Crippen LogP contribution in [0, 0.1) is 11.3 Å². The van der Waals surface area contributed by atoms with E-state index in [1.807, 2.05) is 0 Å². The maximum atomic E-state index is 3.68. The van der Waals surface area contributed by atoms with E-state index in [0.717, 1.165) is 18.5 Å². The van der Waals surface area contributed by atoms with Crippen molar-refractivity contribution in [2.75, 3.05) is 19.6 Å². The quantitative estimate of drug-likeness (QED) is 0.713. The van der Waals surface area contributed by atoms with Crippen molar-refractivity contribution < 1.29 is 0 Å². The first-order valence-electron chi connectivity index (χ1n) is 7.98. The van der Waals surface area contributed by atoms with Crippen LogP contribution in [0.15, 0.2) is 0 Å². The first-order chi connectivity index (χ1) is 8.50. The highest BCUT2D eigenvalue weighted by molar-refractivity contribution is 4.90. The van der Waals surface area contributed by atoms with E-state index in [2.05, 4.69) is 37.9 Å². The average Bonchev–Trinajstić information content (AvgIpc) is 3.13. The summed E-state index contributed by atoms with van der Waals surface area (Å²) in [5, 5.41) is 3.68. The molecule has 0 heterocycles. The van der Waals surface area contributed by atoms with E-state index < -0.39 is 0 Å². The SMILES string of the molecule is CCNC(CCN(CC1CC1)C1CC1)C(C)(C)C. The van der Waals surface area contributed by atoms with Crippen LogP contribution in [-0.4, -0.2) is 36.6 Å². The zero-order chi connectivity index (χ0) is 13.2. The molecule has 0 bridgehead atoms. The molecule has 2 aliphatic carbocycles. The van der Waals surface area contributed by atoms with E-state index in [9.17, 15) is 0 Å². The molecule has 2 nitrogen and oxygen atoms in total. The second-order valence-corrected chi connectivity index (χ2v) is 7.43. The molecule has 1 atom stereocenters. The van der Waals surface area contributed by atoms with Gasteiger partial charge in [-0.2, -0.15) is 0 Å². The largest absolute Gasteiger partial charge is 0.314 e. The van der Waals surface area contributed by atoms with Crippen LogP contribution in [0.2, 0.25) is 0 Å². The number of nitrogens with one attached hydrogen (secondary N) is 1. The van der Waals surface area contributed by atoms with Crippen LogP contribution >= 0.6 is 0 Å². The number of hydrogen-bond acceptors (Lipinski definition) is 2. The molecule has 2 fully saturated rings. The second-order valence-electron chi connectivity index (χ2n) is 7.43. The molecule has 106 valence electrons. The molecular weight excluding hydrogens is 220 g/mol. The first kappa shape index (κ1) is 14.3. The lowest BCUT2D eigenvalue weighted by Gasteiger charge is -2.33. The molecule has 2 rings (SSSR count). The molecule has 1 unspecified atom stereocenters. The molecular formula is C16H32N2. The Bertz CT molecular complexity index is 248. The summed E-state index contributed by atoms with van der Waals surface area (Å²) in [7, 11) is 0. The molecule has 2 saturated carbocycles. The Hall–Kier alpha value is -0.0800. The third-order valence-electron chi connectivity index (χ3n) is 4.45. The van der Waals surface area contributed by atoms with E-state index in [-0.39, 0.29) is 0 Å². The average molecular weight is 252 g/mol. The van der Waals surface area contributed by atoms with Crippen LogP contribution < -0.4 is 5.32 Å². The summed E-state index contributed by atoms with van der Waals surface area (Å²) in [5.41, 5.74) is 0.380. The van der Waals surface area contributed by atoms with Crippen molar-refractivity contribution in [1.29, 1.82) is 0 Å². The van der Waals surface area contributed by atoms with Gasteiger partial charge in [-0.1, -0.05) is 27.7 Å². The predicted octanol–water partition coefficient (Wildman–Crippen LogP) is 3.28. The van der Waals surface area contributed by atoms with Gasteiger partial charge in [0, 0.05) is 18.6 Å². The summed E-state index contributed by atoms with van der Waals surface area (Å²) in [6.07, 6.45) is 7.18. The fourth-order valence-corrected chi connectivity index (χ4v) is 2.88. The Morgan fingerprint density at radius 2 is 1.83 bits per heavy atom. The summed E-state index contributed by atoms with van der Waals surface area (Å²) in [6.45, 7) is 13.1. The zero-order valence-corrected chi connectivity index (χ0v) is 12.8. The molecule has 0 aliphatic heterocycles. The van der Waals surface area contributed by atoms with Crippen LogP contribution in [0.5, 0.6) is 0 Å². The van der Waals surface area contributed by atoms with E-state index in [1.165, 1.54) is 45.2 Å². The molecule has 0 amide bonds. The molecule has 0 radical (unpaired) electrons. The lowest BCUT2D eigenvalue weighted by Crippen LogP contribution is -2.43. The molecule has 18 heavy (non-hydrogen) atoms. The third kappa shape index (κ3) is 4.55. The van der Waals surface area contributed by atoms with Crippen molar-refractivity contribution in [1.82, 2.24) is 10.2 Å². The van der Waals surface area contributed by atoms with Crippen LogP contribution in [-0.2, 0) is 0 Å². The molecule has 0 spiro atoms. The fourth-order valence-electron chi connectivity index (χ4n) is 2.88. The van der Waals surface area contributed by atoms with Crippen molar-refractivity contribution in [3.8, 4) is 0 Å². The van der Waals surface area contributed by atoms with Gasteiger partial charge in [-0.15, -0.1) is 0 Å². The van der Waals surface area contributed by atoms with Crippen LogP contribution in [0.3, 0.4) is 0 Å². The maximum absolute atomic E-state index is 3.68. The van der Waals surface area contributed by atoms with Gasteiger partial charge in [0.2, 0.25) is 0 Å². The highest BCUT2D eigenvalue weighted by Crippen LogP contribution is 2.35. The monoisotopic (exact) mass is 252 g/mol. The normalized spacial score (nSPS) is 22.5. The highest BCUT2D eigenvalue weighted by Gasteiger charge is 2.34. The van der Waals surface area contributed by atoms with Gasteiger partial charge >= 0.3 is 0 Å². The highest BCUT2D eigenvalue weighted by atomic mass is 15.2. The van der Waals surface area contributed by atoms with Crippen molar-refractivity contribution in [2.45, 2.75) is 71.9 Å². The van der Waals surface area contributed by atoms with E-state index >= 15 is 0 Å². The van der Waals surface area contributed by atoms with Gasteiger partial charge in [0.25, 0.3) is 0 Å².